The fourth-order valence-electron chi connectivity index (χ4n) is 3.22. The van der Waals surface area contributed by atoms with E-state index in [0.29, 0.717) is 6.04 Å². The maximum atomic E-state index is 4.88. The van der Waals surface area contributed by atoms with Gasteiger partial charge in [0.05, 0.1) is 5.39 Å². The van der Waals surface area contributed by atoms with Crippen LogP contribution in [0, 0.1) is 0 Å². The summed E-state index contributed by atoms with van der Waals surface area (Å²) in [6.45, 7) is 4.40. The molecule has 3 aromatic rings. The molecule has 0 bridgehead atoms. The Kier molecular flexibility index (Phi) is 4.19. The van der Waals surface area contributed by atoms with Crippen LogP contribution in [0.2, 0.25) is 0 Å². The van der Waals surface area contributed by atoms with Crippen LogP contribution < -0.4 is 5.32 Å². The molecule has 4 nitrogen and oxygen atoms in total. The Labute approximate surface area is 146 Å². The summed E-state index contributed by atoms with van der Waals surface area (Å²) in [5.74, 6) is 1.76. The minimum Gasteiger partial charge on any atom is -0.367 e. The van der Waals surface area contributed by atoms with Crippen LogP contribution in [0.15, 0.2) is 24.5 Å². The number of hydrogen-bond donors (Lipinski definition) is 1. The summed E-state index contributed by atoms with van der Waals surface area (Å²) in [5, 5.41) is 4.87. The van der Waals surface area contributed by atoms with E-state index < -0.39 is 0 Å². The molecule has 1 N–H and O–H groups in total. The second kappa shape index (κ2) is 6.48. The third-order valence-electron chi connectivity index (χ3n) is 4.73. The fourth-order valence-corrected chi connectivity index (χ4v) is 4.48. The Morgan fingerprint density at radius 2 is 2.12 bits per heavy atom. The van der Waals surface area contributed by atoms with Crippen molar-refractivity contribution in [3.8, 4) is 11.4 Å². The van der Waals surface area contributed by atoms with Gasteiger partial charge in [-0.2, -0.15) is 0 Å². The Morgan fingerprint density at radius 3 is 2.92 bits per heavy atom. The van der Waals surface area contributed by atoms with E-state index in [1.165, 1.54) is 35.1 Å². The Morgan fingerprint density at radius 1 is 1.25 bits per heavy atom. The van der Waals surface area contributed by atoms with Gasteiger partial charge in [-0.15, -0.1) is 11.3 Å². The van der Waals surface area contributed by atoms with Crippen LogP contribution in [-0.4, -0.2) is 21.0 Å². The molecule has 0 amide bonds. The maximum Gasteiger partial charge on any atom is 0.164 e. The van der Waals surface area contributed by atoms with E-state index in [1.54, 1.807) is 6.20 Å². The number of hydrogen-bond acceptors (Lipinski definition) is 5. The van der Waals surface area contributed by atoms with Crippen LogP contribution in [0.25, 0.3) is 21.6 Å². The van der Waals surface area contributed by atoms with E-state index in [0.717, 1.165) is 34.9 Å². The maximum absolute atomic E-state index is 4.88. The fraction of sp³-hybridized carbons (Fsp3) is 0.421. The van der Waals surface area contributed by atoms with Crippen LogP contribution >= 0.6 is 11.3 Å². The van der Waals surface area contributed by atoms with Gasteiger partial charge in [0.2, 0.25) is 0 Å². The molecule has 0 unspecified atom stereocenters. The van der Waals surface area contributed by atoms with Gasteiger partial charge in [0.25, 0.3) is 0 Å². The molecule has 0 spiro atoms. The minimum atomic E-state index is 0.393. The van der Waals surface area contributed by atoms with Crippen LogP contribution in [0.3, 0.4) is 0 Å². The summed E-state index contributed by atoms with van der Waals surface area (Å²) in [6.07, 6.45) is 9.58. The molecule has 0 radical (unpaired) electrons. The molecule has 3 heterocycles. The Bertz CT molecular complexity index is 857. The van der Waals surface area contributed by atoms with Gasteiger partial charge in [0, 0.05) is 28.9 Å². The highest BCUT2D eigenvalue weighted by molar-refractivity contribution is 7.19. The van der Waals surface area contributed by atoms with Crippen LogP contribution in [0.4, 0.5) is 5.82 Å². The molecule has 0 saturated heterocycles. The molecule has 1 aliphatic carbocycles. The number of anilines is 1. The van der Waals surface area contributed by atoms with Gasteiger partial charge in [0.1, 0.15) is 10.6 Å². The first-order chi connectivity index (χ1) is 11.8. The number of thiophene rings is 1. The number of rotatable bonds is 4. The number of aromatic nitrogens is 3. The molecular weight excluding hydrogens is 316 g/mol. The molecule has 1 atom stereocenters. The molecular formula is C19H22N4S. The molecule has 5 heteroatoms. The standard InChI is InChI=1S/C19H22N4S/c1-3-12(2)21-18-16-14-8-4-5-9-15(14)24-19(16)23-17(22-18)13-7-6-10-20-11-13/h6-7,10-12H,3-5,8-9H2,1-2H3,(H,21,22,23)/t12-/m0/s1. The number of aryl methyl sites for hydroxylation is 2. The van der Waals surface area contributed by atoms with Crippen molar-refractivity contribution in [3.05, 3.63) is 35.0 Å². The second-order valence-corrected chi connectivity index (χ2v) is 7.57. The molecule has 124 valence electrons. The second-order valence-electron chi connectivity index (χ2n) is 6.48. The predicted molar refractivity (Wildman–Crippen MR) is 101 cm³/mol. The highest BCUT2D eigenvalue weighted by Gasteiger charge is 2.22. The molecule has 3 aromatic heterocycles. The molecule has 1 aliphatic rings. The van der Waals surface area contributed by atoms with Gasteiger partial charge in [0.15, 0.2) is 5.82 Å². The summed E-state index contributed by atoms with van der Waals surface area (Å²) in [7, 11) is 0. The molecule has 0 fully saturated rings. The third-order valence-corrected chi connectivity index (χ3v) is 5.92. The summed E-state index contributed by atoms with van der Waals surface area (Å²) >= 11 is 1.85. The number of pyridine rings is 1. The first-order valence-corrected chi connectivity index (χ1v) is 9.57. The molecule has 0 saturated carbocycles. The minimum absolute atomic E-state index is 0.393. The lowest BCUT2D eigenvalue weighted by atomic mass is 9.97. The smallest absolute Gasteiger partial charge is 0.164 e. The SMILES string of the molecule is CC[C@H](C)Nc1nc(-c2cccnc2)nc2sc3c(c12)CCCC3. The lowest BCUT2D eigenvalue weighted by Crippen LogP contribution is -2.15. The zero-order valence-corrected chi connectivity index (χ0v) is 15.0. The van der Waals surface area contributed by atoms with Crippen molar-refractivity contribution < 1.29 is 0 Å². The molecule has 4 rings (SSSR count). The monoisotopic (exact) mass is 338 g/mol. The van der Waals surface area contributed by atoms with E-state index in [2.05, 4.69) is 24.1 Å². The number of nitrogens with one attached hydrogen (secondary N) is 1. The summed E-state index contributed by atoms with van der Waals surface area (Å²) < 4.78 is 0. The number of fused-ring (bicyclic) bond motifs is 3. The van der Waals surface area contributed by atoms with Crippen molar-refractivity contribution in [1.29, 1.82) is 0 Å². The van der Waals surface area contributed by atoms with Gasteiger partial charge >= 0.3 is 0 Å². The highest BCUT2D eigenvalue weighted by Crippen LogP contribution is 2.39. The van der Waals surface area contributed by atoms with Gasteiger partial charge in [-0.1, -0.05) is 6.92 Å². The largest absolute Gasteiger partial charge is 0.367 e. The normalized spacial score (nSPS) is 15.2. The van der Waals surface area contributed by atoms with Crippen molar-refractivity contribution in [2.75, 3.05) is 5.32 Å². The van der Waals surface area contributed by atoms with Crippen molar-refractivity contribution in [2.45, 2.75) is 52.0 Å². The summed E-state index contributed by atoms with van der Waals surface area (Å²) in [5.41, 5.74) is 2.45. The average Bonchev–Trinajstić information content (AvgIpc) is 3.01. The first-order valence-electron chi connectivity index (χ1n) is 8.75. The van der Waals surface area contributed by atoms with Crippen molar-refractivity contribution in [2.24, 2.45) is 0 Å². The lowest BCUT2D eigenvalue weighted by molar-refractivity contribution is 0.700. The van der Waals surface area contributed by atoms with Crippen LogP contribution in [-0.2, 0) is 12.8 Å². The van der Waals surface area contributed by atoms with Gasteiger partial charge in [-0.05, 0) is 56.7 Å². The molecule has 0 aromatic carbocycles. The Balaban J connectivity index is 1.91. The van der Waals surface area contributed by atoms with E-state index in [-0.39, 0.29) is 0 Å². The van der Waals surface area contributed by atoms with Crippen molar-refractivity contribution in [1.82, 2.24) is 15.0 Å². The van der Waals surface area contributed by atoms with Crippen LogP contribution in [0.5, 0.6) is 0 Å². The van der Waals surface area contributed by atoms with Gasteiger partial charge < -0.3 is 5.32 Å². The number of nitrogens with zero attached hydrogens (tertiary/aromatic N) is 3. The molecule has 24 heavy (non-hydrogen) atoms. The lowest BCUT2D eigenvalue weighted by Gasteiger charge is -2.16. The topological polar surface area (TPSA) is 50.7 Å². The van der Waals surface area contributed by atoms with Gasteiger partial charge in [-0.3, -0.25) is 4.98 Å². The first kappa shape index (κ1) is 15.5. The quantitative estimate of drug-likeness (QED) is 0.739. The molecule has 0 aliphatic heterocycles. The predicted octanol–water partition coefficient (Wildman–Crippen LogP) is 4.84. The van der Waals surface area contributed by atoms with Crippen molar-refractivity contribution >= 4 is 27.4 Å². The summed E-state index contributed by atoms with van der Waals surface area (Å²) in [4.78, 5) is 16.6. The van der Waals surface area contributed by atoms with E-state index in [4.69, 9.17) is 9.97 Å². The van der Waals surface area contributed by atoms with Gasteiger partial charge in [-0.25, -0.2) is 9.97 Å². The van der Waals surface area contributed by atoms with E-state index >= 15 is 0 Å². The van der Waals surface area contributed by atoms with E-state index in [9.17, 15) is 0 Å². The highest BCUT2D eigenvalue weighted by atomic mass is 32.1. The van der Waals surface area contributed by atoms with E-state index in [1.807, 2.05) is 29.7 Å². The van der Waals surface area contributed by atoms with Crippen molar-refractivity contribution in [3.63, 3.8) is 0 Å². The summed E-state index contributed by atoms with van der Waals surface area (Å²) in [6, 6.07) is 4.35. The zero-order chi connectivity index (χ0) is 16.5. The Hall–Kier alpha value is -2.01. The zero-order valence-electron chi connectivity index (χ0n) is 14.2. The van der Waals surface area contributed by atoms with Crippen LogP contribution in [0.1, 0.15) is 43.6 Å². The third kappa shape index (κ3) is 2.77. The average molecular weight is 338 g/mol.